The minimum Gasteiger partial charge on any atom is -0.508 e. The lowest BCUT2D eigenvalue weighted by molar-refractivity contribution is -0.139. The number of phenols is 1. The van der Waals surface area contributed by atoms with Crippen molar-refractivity contribution < 1.29 is 15.0 Å². The largest absolute Gasteiger partial charge is 0.508 e. The lowest BCUT2D eigenvalue weighted by Gasteiger charge is -2.05. The van der Waals surface area contributed by atoms with Crippen LogP contribution in [0.4, 0.5) is 0 Å². The Kier molecular flexibility index (Phi) is 1.75. The van der Waals surface area contributed by atoms with Crippen molar-refractivity contribution in [2.45, 2.75) is 17.9 Å². The normalized spacial score (nSPS) is 29.9. The van der Waals surface area contributed by atoms with Gasteiger partial charge in [0.25, 0.3) is 0 Å². The molecular formula is C10H11NO3. The zero-order valence-electron chi connectivity index (χ0n) is 7.47. The Morgan fingerprint density at radius 3 is 2.79 bits per heavy atom. The number of nitrogens with two attached hydrogens (primary N) is 1. The molecule has 2 atom stereocenters. The Morgan fingerprint density at radius 2 is 2.29 bits per heavy atom. The van der Waals surface area contributed by atoms with Gasteiger partial charge < -0.3 is 15.9 Å². The second-order valence-electron chi connectivity index (χ2n) is 3.70. The highest BCUT2D eigenvalue weighted by atomic mass is 16.4. The van der Waals surface area contributed by atoms with E-state index < -0.39 is 11.5 Å². The molecule has 1 aromatic carbocycles. The number of carbonyl (C=O) groups is 1. The summed E-state index contributed by atoms with van der Waals surface area (Å²) in [7, 11) is 0. The van der Waals surface area contributed by atoms with Crippen LogP contribution in [0.3, 0.4) is 0 Å². The van der Waals surface area contributed by atoms with Gasteiger partial charge in [0.15, 0.2) is 0 Å². The highest BCUT2D eigenvalue weighted by molar-refractivity contribution is 5.84. The molecule has 0 saturated heterocycles. The minimum absolute atomic E-state index is 0.141. The molecule has 0 amide bonds. The Balaban J connectivity index is 2.25. The van der Waals surface area contributed by atoms with Gasteiger partial charge in [0.05, 0.1) is 0 Å². The molecule has 74 valence electrons. The quantitative estimate of drug-likeness (QED) is 0.644. The van der Waals surface area contributed by atoms with Crippen molar-refractivity contribution in [2.75, 3.05) is 0 Å². The number of hydrogen-bond acceptors (Lipinski definition) is 3. The summed E-state index contributed by atoms with van der Waals surface area (Å²) in [5, 5.41) is 18.0. The van der Waals surface area contributed by atoms with E-state index in [0.717, 1.165) is 5.56 Å². The number of phenolic OH excluding ortho intramolecular Hbond substituents is 1. The molecule has 0 radical (unpaired) electrons. The van der Waals surface area contributed by atoms with Gasteiger partial charge in [0, 0.05) is 5.92 Å². The van der Waals surface area contributed by atoms with Crippen molar-refractivity contribution in [2.24, 2.45) is 5.73 Å². The van der Waals surface area contributed by atoms with Crippen LogP contribution in [0.1, 0.15) is 17.9 Å². The maximum atomic E-state index is 10.8. The summed E-state index contributed by atoms with van der Waals surface area (Å²) in [6.45, 7) is 0. The lowest BCUT2D eigenvalue weighted by Crippen LogP contribution is -2.34. The molecule has 2 rings (SSSR count). The molecular weight excluding hydrogens is 182 g/mol. The summed E-state index contributed by atoms with van der Waals surface area (Å²) >= 11 is 0. The number of carboxylic acid groups (broad SMARTS) is 1. The van der Waals surface area contributed by atoms with Gasteiger partial charge in [-0.05, 0) is 24.1 Å². The fourth-order valence-electron chi connectivity index (χ4n) is 1.67. The molecule has 0 heterocycles. The first-order valence-electron chi connectivity index (χ1n) is 4.35. The fraction of sp³-hybridized carbons (Fsp3) is 0.300. The van der Waals surface area contributed by atoms with Crippen molar-refractivity contribution >= 4 is 5.97 Å². The number of benzene rings is 1. The predicted octanol–water partition coefficient (Wildman–Crippen LogP) is 0.662. The molecule has 1 aromatic rings. The maximum absolute atomic E-state index is 10.8. The first-order valence-corrected chi connectivity index (χ1v) is 4.35. The van der Waals surface area contributed by atoms with Crippen LogP contribution in [-0.2, 0) is 4.79 Å². The molecule has 0 aliphatic heterocycles. The summed E-state index contributed by atoms with van der Waals surface area (Å²) in [4.78, 5) is 10.8. The average Bonchev–Trinajstić information content (AvgIpc) is 2.80. The Hall–Kier alpha value is -1.55. The van der Waals surface area contributed by atoms with E-state index in [0.29, 0.717) is 6.42 Å². The maximum Gasteiger partial charge on any atom is 0.324 e. The molecule has 1 aliphatic carbocycles. The van der Waals surface area contributed by atoms with Crippen LogP contribution in [0.25, 0.3) is 0 Å². The van der Waals surface area contributed by atoms with Crippen LogP contribution in [0, 0.1) is 0 Å². The van der Waals surface area contributed by atoms with Crippen LogP contribution in [0.5, 0.6) is 5.75 Å². The predicted molar refractivity (Wildman–Crippen MR) is 50.0 cm³/mol. The number of rotatable bonds is 2. The molecule has 4 N–H and O–H groups in total. The van der Waals surface area contributed by atoms with Crippen molar-refractivity contribution in [3.63, 3.8) is 0 Å². The molecule has 14 heavy (non-hydrogen) atoms. The van der Waals surface area contributed by atoms with Crippen LogP contribution < -0.4 is 5.73 Å². The zero-order valence-corrected chi connectivity index (χ0v) is 7.47. The van der Waals surface area contributed by atoms with E-state index in [2.05, 4.69) is 0 Å². The van der Waals surface area contributed by atoms with E-state index in [1.807, 2.05) is 0 Å². The van der Waals surface area contributed by atoms with E-state index in [4.69, 9.17) is 10.8 Å². The lowest BCUT2D eigenvalue weighted by atomic mass is 10.1. The second kappa shape index (κ2) is 2.72. The third kappa shape index (κ3) is 1.24. The van der Waals surface area contributed by atoms with Crippen molar-refractivity contribution in [3.05, 3.63) is 29.8 Å². The number of aliphatic carboxylic acids is 1. The smallest absolute Gasteiger partial charge is 0.324 e. The number of aromatic hydroxyl groups is 1. The standard InChI is InChI=1S/C10H11NO3/c11-10(9(13)14)5-8(10)6-2-1-3-7(12)4-6/h1-4,8,12H,5,11H2,(H,13,14)/t8-,10-/m1/s1. The van der Waals surface area contributed by atoms with Gasteiger partial charge in [-0.1, -0.05) is 12.1 Å². The Bertz CT molecular complexity index is 391. The van der Waals surface area contributed by atoms with Gasteiger partial charge >= 0.3 is 5.97 Å². The number of carboxylic acids is 1. The topological polar surface area (TPSA) is 83.6 Å². The van der Waals surface area contributed by atoms with Crippen LogP contribution in [-0.4, -0.2) is 21.7 Å². The first-order chi connectivity index (χ1) is 6.54. The van der Waals surface area contributed by atoms with Gasteiger partial charge in [-0.2, -0.15) is 0 Å². The van der Waals surface area contributed by atoms with Gasteiger partial charge in [0.1, 0.15) is 11.3 Å². The van der Waals surface area contributed by atoms with E-state index in [1.54, 1.807) is 24.3 Å². The zero-order chi connectivity index (χ0) is 10.3. The molecule has 4 nitrogen and oxygen atoms in total. The monoisotopic (exact) mass is 193 g/mol. The van der Waals surface area contributed by atoms with E-state index in [9.17, 15) is 9.90 Å². The molecule has 1 fully saturated rings. The highest BCUT2D eigenvalue weighted by Gasteiger charge is 2.58. The molecule has 1 aliphatic rings. The van der Waals surface area contributed by atoms with Crippen LogP contribution >= 0.6 is 0 Å². The van der Waals surface area contributed by atoms with Crippen molar-refractivity contribution in [3.8, 4) is 5.75 Å². The fourth-order valence-corrected chi connectivity index (χ4v) is 1.67. The van der Waals surface area contributed by atoms with E-state index >= 15 is 0 Å². The van der Waals surface area contributed by atoms with Crippen LogP contribution in [0.15, 0.2) is 24.3 Å². The third-order valence-corrected chi connectivity index (χ3v) is 2.67. The molecule has 1 saturated carbocycles. The molecule has 0 spiro atoms. The van der Waals surface area contributed by atoms with Crippen molar-refractivity contribution in [1.29, 1.82) is 0 Å². The van der Waals surface area contributed by atoms with Crippen LogP contribution in [0.2, 0.25) is 0 Å². The summed E-state index contributed by atoms with van der Waals surface area (Å²) in [6.07, 6.45) is 0.436. The summed E-state index contributed by atoms with van der Waals surface area (Å²) in [5.41, 5.74) is 5.29. The van der Waals surface area contributed by atoms with E-state index in [-0.39, 0.29) is 11.7 Å². The highest BCUT2D eigenvalue weighted by Crippen LogP contribution is 2.49. The Labute approximate surface area is 81.0 Å². The third-order valence-electron chi connectivity index (χ3n) is 2.67. The summed E-state index contributed by atoms with van der Waals surface area (Å²) < 4.78 is 0. The van der Waals surface area contributed by atoms with Gasteiger partial charge in [-0.15, -0.1) is 0 Å². The molecule has 0 unspecified atom stereocenters. The van der Waals surface area contributed by atoms with E-state index in [1.165, 1.54) is 0 Å². The summed E-state index contributed by atoms with van der Waals surface area (Å²) in [6, 6.07) is 6.57. The summed E-state index contributed by atoms with van der Waals surface area (Å²) in [5.74, 6) is -1.01. The molecule has 4 heteroatoms. The average molecular weight is 193 g/mol. The number of hydrogen-bond donors (Lipinski definition) is 3. The first kappa shape index (κ1) is 9.02. The van der Waals surface area contributed by atoms with Gasteiger partial charge in [-0.3, -0.25) is 4.79 Å². The minimum atomic E-state index is -1.13. The van der Waals surface area contributed by atoms with Gasteiger partial charge in [0.2, 0.25) is 0 Å². The SMILES string of the molecule is N[C@]1(C(=O)O)C[C@@H]1c1cccc(O)c1. The molecule has 0 aromatic heterocycles. The molecule has 0 bridgehead atoms. The van der Waals surface area contributed by atoms with Crippen molar-refractivity contribution in [1.82, 2.24) is 0 Å². The second-order valence-corrected chi connectivity index (χ2v) is 3.70. The van der Waals surface area contributed by atoms with Gasteiger partial charge in [-0.25, -0.2) is 0 Å². The Morgan fingerprint density at radius 1 is 1.57 bits per heavy atom.